The van der Waals surface area contributed by atoms with Gasteiger partial charge in [-0.2, -0.15) is 5.10 Å². The first-order valence-electron chi connectivity index (χ1n) is 9.54. The Morgan fingerprint density at radius 1 is 1.00 bits per heavy atom. The van der Waals surface area contributed by atoms with E-state index in [0.29, 0.717) is 0 Å². The maximum absolute atomic E-state index is 13.4. The van der Waals surface area contributed by atoms with Gasteiger partial charge in [0.1, 0.15) is 11.6 Å². The molecule has 2 unspecified atom stereocenters. The molecule has 0 saturated carbocycles. The summed E-state index contributed by atoms with van der Waals surface area (Å²) in [5.41, 5.74) is 6.73. The second kappa shape index (κ2) is 6.48. The standard InChI is InChI=1S/C24H21FN2O/c1-15-7-8-16(2)20(13-15)21-14-22-19-5-3-4-6-23(19)28-24(27(22)26-21)17-9-11-18(25)12-10-17/h3-13,22,24H,14H2,1-2H3. The van der Waals surface area contributed by atoms with Crippen molar-refractivity contribution in [2.24, 2.45) is 5.10 Å². The Morgan fingerprint density at radius 3 is 2.61 bits per heavy atom. The van der Waals surface area contributed by atoms with Crippen LogP contribution < -0.4 is 4.74 Å². The smallest absolute Gasteiger partial charge is 0.213 e. The summed E-state index contributed by atoms with van der Waals surface area (Å²) < 4.78 is 19.8. The van der Waals surface area contributed by atoms with E-state index in [1.165, 1.54) is 28.8 Å². The monoisotopic (exact) mass is 372 g/mol. The van der Waals surface area contributed by atoms with Crippen LogP contribution in [-0.4, -0.2) is 10.7 Å². The van der Waals surface area contributed by atoms with Crippen LogP contribution >= 0.6 is 0 Å². The Kier molecular flexibility index (Phi) is 3.93. The highest BCUT2D eigenvalue weighted by Gasteiger charge is 2.41. The van der Waals surface area contributed by atoms with Crippen molar-refractivity contribution in [3.63, 3.8) is 0 Å². The molecule has 0 spiro atoms. The van der Waals surface area contributed by atoms with Crippen molar-refractivity contribution in [3.8, 4) is 5.75 Å². The van der Waals surface area contributed by atoms with Crippen LogP contribution in [0.4, 0.5) is 4.39 Å². The highest BCUT2D eigenvalue weighted by atomic mass is 19.1. The van der Waals surface area contributed by atoms with Gasteiger partial charge in [0.05, 0.1) is 11.8 Å². The number of nitrogens with zero attached hydrogens (tertiary/aromatic N) is 2. The summed E-state index contributed by atoms with van der Waals surface area (Å²) in [5.74, 6) is 0.619. The zero-order valence-corrected chi connectivity index (χ0v) is 15.9. The first-order chi connectivity index (χ1) is 13.6. The number of fused-ring (bicyclic) bond motifs is 3. The molecule has 28 heavy (non-hydrogen) atoms. The molecule has 5 rings (SSSR count). The van der Waals surface area contributed by atoms with E-state index in [1.807, 2.05) is 23.2 Å². The van der Waals surface area contributed by atoms with E-state index in [4.69, 9.17) is 9.84 Å². The number of hydrazone groups is 1. The maximum atomic E-state index is 13.4. The van der Waals surface area contributed by atoms with Gasteiger partial charge in [-0.3, -0.25) is 0 Å². The lowest BCUT2D eigenvalue weighted by Crippen LogP contribution is -2.33. The van der Waals surface area contributed by atoms with Gasteiger partial charge >= 0.3 is 0 Å². The first-order valence-corrected chi connectivity index (χ1v) is 9.54. The Bertz CT molecular complexity index is 1070. The van der Waals surface area contributed by atoms with E-state index in [9.17, 15) is 4.39 Å². The van der Waals surface area contributed by atoms with Crippen LogP contribution in [-0.2, 0) is 0 Å². The molecular weight excluding hydrogens is 351 g/mol. The van der Waals surface area contributed by atoms with Crippen LogP contribution in [0.3, 0.4) is 0 Å². The van der Waals surface area contributed by atoms with Gasteiger partial charge in [-0.1, -0.05) is 48.0 Å². The second-order valence-corrected chi connectivity index (χ2v) is 7.52. The Labute approximate surface area is 164 Å². The SMILES string of the molecule is Cc1ccc(C)c(C2=NN3C(C2)c2ccccc2OC3c2ccc(F)cc2)c1. The molecule has 0 aliphatic carbocycles. The minimum absolute atomic E-state index is 0.106. The van der Waals surface area contributed by atoms with Crippen LogP contribution in [0.15, 0.2) is 71.8 Å². The van der Waals surface area contributed by atoms with Gasteiger partial charge in [-0.05, 0) is 43.7 Å². The molecule has 0 saturated heterocycles. The Balaban J connectivity index is 1.61. The first kappa shape index (κ1) is 17.0. The van der Waals surface area contributed by atoms with Gasteiger partial charge in [0.2, 0.25) is 6.23 Å². The number of hydrogen-bond acceptors (Lipinski definition) is 3. The van der Waals surface area contributed by atoms with Gasteiger partial charge in [0, 0.05) is 23.1 Å². The molecular formula is C24H21FN2O. The molecule has 0 bridgehead atoms. The summed E-state index contributed by atoms with van der Waals surface area (Å²) in [7, 11) is 0. The number of benzene rings is 3. The molecule has 0 fully saturated rings. The van der Waals surface area contributed by atoms with E-state index in [2.05, 4.69) is 38.1 Å². The topological polar surface area (TPSA) is 24.8 Å². The summed E-state index contributed by atoms with van der Waals surface area (Å²) in [6, 6.07) is 21.2. The lowest BCUT2D eigenvalue weighted by molar-refractivity contribution is -0.0190. The van der Waals surface area contributed by atoms with E-state index < -0.39 is 0 Å². The fourth-order valence-electron chi connectivity index (χ4n) is 4.09. The number of rotatable bonds is 2. The van der Waals surface area contributed by atoms with Crippen molar-refractivity contribution < 1.29 is 9.13 Å². The van der Waals surface area contributed by atoms with Crippen molar-refractivity contribution in [1.82, 2.24) is 5.01 Å². The molecule has 2 atom stereocenters. The molecule has 0 N–H and O–H groups in total. The molecule has 3 aromatic carbocycles. The van der Waals surface area contributed by atoms with E-state index >= 15 is 0 Å². The summed E-state index contributed by atoms with van der Waals surface area (Å²) in [5, 5.41) is 7.03. The van der Waals surface area contributed by atoms with Gasteiger partial charge in [0.25, 0.3) is 0 Å². The van der Waals surface area contributed by atoms with Crippen molar-refractivity contribution in [1.29, 1.82) is 0 Å². The van der Waals surface area contributed by atoms with E-state index in [0.717, 1.165) is 29.0 Å². The Morgan fingerprint density at radius 2 is 1.79 bits per heavy atom. The third-order valence-electron chi connectivity index (χ3n) is 5.56. The predicted molar refractivity (Wildman–Crippen MR) is 108 cm³/mol. The number of halogens is 1. The maximum Gasteiger partial charge on any atom is 0.213 e. The zero-order chi connectivity index (χ0) is 19.3. The van der Waals surface area contributed by atoms with Crippen molar-refractivity contribution in [2.45, 2.75) is 32.5 Å². The third kappa shape index (κ3) is 2.76. The molecule has 0 aromatic heterocycles. The summed E-state index contributed by atoms with van der Waals surface area (Å²) in [6.45, 7) is 4.22. The zero-order valence-electron chi connectivity index (χ0n) is 15.9. The van der Waals surface area contributed by atoms with E-state index in [-0.39, 0.29) is 18.1 Å². The summed E-state index contributed by atoms with van der Waals surface area (Å²) >= 11 is 0. The van der Waals surface area contributed by atoms with Gasteiger partial charge < -0.3 is 4.74 Å². The van der Waals surface area contributed by atoms with E-state index in [1.54, 1.807) is 12.1 Å². The molecule has 140 valence electrons. The number of hydrogen-bond donors (Lipinski definition) is 0. The van der Waals surface area contributed by atoms with Crippen molar-refractivity contribution >= 4 is 5.71 Å². The second-order valence-electron chi connectivity index (χ2n) is 7.52. The molecule has 0 amide bonds. The van der Waals surface area contributed by atoms with Crippen LogP contribution in [0.1, 0.15) is 46.5 Å². The number of para-hydroxylation sites is 1. The largest absolute Gasteiger partial charge is 0.464 e. The molecule has 0 radical (unpaired) electrons. The van der Waals surface area contributed by atoms with Crippen LogP contribution in [0, 0.1) is 19.7 Å². The molecule has 2 heterocycles. The fourth-order valence-corrected chi connectivity index (χ4v) is 4.09. The average molecular weight is 372 g/mol. The highest BCUT2D eigenvalue weighted by molar-refractivity contribution is 6.03. The molecule has 2 aliphatic rings. The quantitative estimate of drug-likeness (QED) is 0.578. The highest BCUT2D eigenvalue weighted by Crippen LogP contribution is 2.47. The van der Waals surface area contributed by atoms with Crippen LogP contribution in [0.5, 0.6) is 5.75 Å². The Hall–Kier alpha value is -3.14. The lowest BCUT2D eigenvalue weighted by atomic mass is 9.93. The minimum atomic E-state index is -0.372. The minimum Gasteiger partial charge on any atom is -0.464 e. The fraction of sp³-hybridized carbons (Fsp3) is 0.208. The molecule has 4 heteroatoms. The molecule has 3 nitrogen and oxygen atoms in total. The van der Waals surface area contributed by atoms with Gasteiger partial charge in [-0.15, -0.1) is 0 Å². The third-order valence-corrected chi connectivity index (χ3v) is 5.56. The summed E-state index contributed by atoms with van der Waals surface area (Å²) in [4.78, 5) is 0. The predicted octanol–water partition coefficient (Wildman–Crippen LogP) is 5.68. The van der Waals surface area contributed by atoms with Crippen molar-refractivity contribution in [2.75, 3.05) is 0 Å². The number of ether oxygens (including phenoxy) is 1. The van der Waals surface area contributed by atoms with Crippen LogP contribution in [0.25, 0.3) is 0 Å². The molecule has 3 aromatic rings. The van der Waals surface area contributed by atoms with Gasteiger partial charge in [0.15, 0.2) is 0 Å². The normalized spacial score (nSPS) is 20.2. The lowest BCUT2D eigenvalue weighted by Gasteiger charge is -2.38. The molecule has 2 aliphatic heterocycles. The average Bonchev–Trinajstić information content (AvgIpc) is 3.15. The number of aryl methyl sites for hydroxylation is 2. The summed E-state index contributed by atoms with van der Waals surface area (Å²) in [6.07, 6.45) is 0.450. The van der Waals surface area contributed by atoms with Gasteiger partial charge in [-0.25, -0.2) is 9.40 Å². The van der Waals surface area contributed by atoms with Crippen LogP contribution in [0.2, 0.25) is 0 Å². The van der Waals surface area contributed by atoms with Crippen molar-refractivity contribution in [3.05, 3.63) is 100 Å².